The van der Waals surface area contributed by atoms with E-state index in [4.69, 9.17) is 4.74 Å². The third kappa shape index (κ3) is 5.58. The van der Waals surface area contributed by atoms with Gasteiger partial charge < -0.3 is 10.1 Å². The minimum absolute atomic E-state index is 0.0883. The highest BCUT2D eigenvalue weighted by Gasteiger charge is 2.21. The van der Waals surface area contributed by atoms with E-state index >= 15 is 0 Å². The molecule has 0 bridgehead atoms. The lowest BCUT2D eigenvalue weighted by atomic mass is 10.1. The third-order valence-electron chi connectivity index (χ3n) is 5.06. The Bertz CT molecular complexity index is 951. The fourth-order valence-electron chi connectivity index (χ4n) is 3.44. The topological polar surface area (TPSA) is 75.7 Å². The predicted octanol–water partition coefficient (Wildman–Crippen LogP) is 3.83. The number of hydrogen-bond donors (Lipinski definition) is 1. The van der Waals surface area contributed by atoms with Crippen LogP contribution >= 0.6 is 0 Å². The molecule has 156 valence electrons. The Balaban J connectivity index is 1.61. The summed E-state index contributed by atoms with van der Waals surface area (Å²) < 4.78 is 32.1. The van der Waals surface area contributed by atoms with Crippen LogP contribution in [-0.2, 0) is 21.2 Å². The predicted molar refractivity (Wildman–Crippen MR) is 114 cm³/mol. The molecule has 0 heterocycles. The zero-order chi connectivity index (χ0) is 20.9. The Labute approximate surface area is 172 Å². The second-order valence-corrected chi connectivity index (χ2v) is 9.62. The number of hydrogen-bond acceptors (Lipinski definition) is 4. The number of anilines is 1. The van der Waals surface area contributed by atoms with E-state index in [0.29, 0.717) is 18.2 Å². The molecular weight excluding hydrogens is 388 g/mol. The van der Waals surface area contributed by atoms with E-state index in [1.165, 1.54) is 33.0 Å². The molecular formula is C22H28N2O4S. The third-order valence-corrected chi connectivity index (χ3v) is 6.94. The number of nitrogens with one attached hydrogen (secondary N) is 1. The fourth-order valence-corrected chi connectivity index (χ4v) is 4.48. The summed E-state index contributed by atoms with van der Waals surface area (Å²) >= 11 is 0. The normalized spacial score (nSPS) is 14.9. The molecule has 1 aliphatic carbocycles. The van der Waals surface area contributed by atoms with Gasteiger partial charge in [-0.15, -0.1) is 0 Å². The quantitative estimate of drug-likeness (QED) is 0.710. The average Bonchev–Trinajstić information content (AvgIpc) is 3.20. The van der Waals surface area contributed by atoms with E-state index in [-0.39, 0.29) is 17.2 Å². The highest BCUT2D eigenvalue weighted by Crippen LogP contribution is 2.26. The van der Waals surface area contributed by atoms with Crippen LogP contribution in [0.25, 0.3) is 0 Å². The van der Waals surface area contributed by atoms with E-state index in [0.717, 1.165) is 28.5 Å². The number of nitrogens with zero attached hydrogens (tertiary/aromatic N) is 1. The molecule has 2 aromatic carbocycles. The van der Waals surface area contributed by atoms with E-state index in [9.17, 15) is 13.2 Å². The van der Waals surface area contributed by atoms with E-state index in [2.05, 4.69) is 5.32 Å². The lowest BCUT2D eigenvalue weighted by Gasteiger charge is -2.16. The summed E-state index contributed by atoms with van der Waals surface area (Å²) in [5.74, 6) is 0.616. The molecule has 0 atom stereocenters. The Morgan fingerprint density at radius 3 is 2.55 bits per heavy atom. The maximum atomic E-state index is 12.5. The molecule has 6 nitrogen and oxygen atoms in total. The number of aryl methyl sites for hydroxylation is 1. The number of para-hydroxylation sites is 1. The van der Waals surface area contributed by atoms with Gasteiger partial charge in [0.25, 0.3) is 0 Å². The smallest absolute Gasteiger partial charge is 0.244 e. The summed E-state index contributed by atoms with van der Waals surface area (Å²) in [6, 6.07) is 14.3. The Kier molecular flexibility index (Phi) is 6.92. The largest absolute Gasteiger partial charge is 0.490 e. The molecule has 7 heteroatoms. The van der Waals surface area contributed by atoms with Crippen molar-refractivity contribution in [1.82, 2.24) is 4.31 Å². The number of ether oxygens (including phenoxy) is 1. The zero-order valence-electron chi connectivity index (χ0n) is 16.9. The summed E-state index contributed by atoms with van der Waals surface area (Å²) in [5, 5.41) is 2.74. The Hall–Kier alpha value is -2.38. The number of rotatable bonds is 8. The van der Waals surface area contributed by atoms with Crippen LogP contribution in [0, 0.1) is 0 Å². The molecule has 0 spiro atoms. The SMILES string of the molecule is CN(C)S(=O)(=O)c1ccccc1NC(=O)CCc1cccc(OC2CCCC2)c1. The first-order valence-electron chi connectivity index (χ1n) is 9.93. The molecule has 1 saturated carbocycles. The van der Waals surface area contributed by atoms with Crippen molar-refractivity contribution in [2.24, 2.45) is 0 Å². The van der Waals surface area contributed by atoms with Crippen LogP contribution in [-0.4, -0.2) is 38.8 Å². The zero-order valence-corrected chi connectivity index (χ0v) is 17.7. The number of benzene rings is 2. The molecule has 0 saturated heterocycles. The Morgan fingerprint density at radius 2 is 1.83 bits per heavy atom. The summed E-state index contributed by atoms with van der Waals surface area (Å²) in [6.07, 6.45) is 5.73. The van der Waals surface area contributed by atoms with Crippen LogP contribution in [0.15, 0.2) is 53.4 Å². The van der Waals surface area contributed by atoms with Crippen molar-refractivity contribution in [2.75, 3.05) is 19.4 Å². The van der Waals surface area contributed by atoms with Crippen molar-refractivity contribution >= 4 is 21.6 Å². The van der Waals surface area contributed by atoms with Crippen LogP contribution in [0.2, 0.25) is 0 Å². The minimum atomic E-state index is -3.64. The van der Waals surface area contributed by atoms with Crippen LogP contribution in [0.5, 0.6) is 5.75 Å². The van der Waals surface area contributed by atoms with E-state index < -0.39 is 10.0 Å². The van der Waals surface area contributed by atoms with Crippen molar-refractivity contribution < 1.29 is 17.9 Å². The Morgan fingerprint density at radius 1 is 1.10 bits per heavy atom. The number of carbonyl (C=O) groups excluding carboxylic acids is 1. The maximum absolute atomic E-state index is 12.5. The monoisotopic (exact) mass is 416 g/mol. The lowest BCUT2D eigenvalue weighted by molar-refractivity contribution is -0.116. The first-order valence-corrected chi connectivity index (χ1v) is 11.4. The molecule has 0 aromatic heterocycles. The minimum Gasteiger partial charge on any atom is -0.490 e. The van der Waals surface area contributed by atoms with Crippen LogP contribution in [0.4, 0.5) is 5.69 Å². The fraction of sp³-hybridized carbons (Fsp3) is 0.409. The summed E-state index contributed by atoms with van der Waals surface area (Å²) in [6.45, 7) is 0. The number of carbonyl (C=O) groups is 1. The molecule has 3 rings (SSSR count). The van der Waals surface area contributed by atoms with Crippen LogP contribution < -0.4 is 10.1 Å². The standard InChI is InChI=1S/C22H28N2O4S/c1-24(2)29(26,27)21-13-6-5-12-20(21)23-22(25)15-14-17-8-7-11-19(16-17)28-18-9-3-4-10-18/h5-8,11-13,16,18H,3-4,9-10,14-15H2,1-2H3,(H,23,25). The number of sulfonamides is 1. The molecule has 1 N–H and O–H groups in total. The molecule has 0 unspecified atom stereocenters. The van der Waals surface area contributed by atoms with Crippen molar-refractivity contribution in [3.63, 3.8) is 0 Å². The van der Waals surface area contributed by atoms with Crippen molar-refractivity contribution in [3.05, 3.63) is 54.1 Å². The van der Waals surface area contributed by atoms with Gasteiger partial charge in [0.15, 0.2) is 0 Å². The van der Waals surface area contributed by atoms with Gasteiger partial charge in [0.1, 0.15) is 10.6 Å². The molecule has 0 radical (unpaired) electrons. The summed E-state index contributed by atoms with van der Waals surface area (Å²) in [7, 11) is -0.702. The van der Waals surface area contributed by atoms with Gasteiger partial charge in [-0.1, -0.05) is 24.3 Å². The van der Waals surface area contributed by atoms with E-state index in [1.54, 1.807) is 18.2 Å². The highest BCUT2D eigenvalue weighted by atomic mass is 32.2. The van der Waals surface area contributed by atoms with Crippen LogP contribution in [0.1, 0.15) is 37.7 Å². The first kappa shape index (κ1) is 21.3. The van der Waals surface area contributed by atoms with Crippen molar-refractivity contribution in [2.45, 2.75) is 49.5 Å². The van der Waals surface area contributed by atoms with Crippen molar-refractivity contribution in [3.8, 4) is 5.75 Å². The average molecular weight is 417 g/mol. The molecule has 1 aliphatic rings. The second-order valence-electron chi connectivity index (χ2n) is 7.50. The second kappa shape index (κ2) is 9.41. The van der Waals surface area contributed by atoms with Crippen molar-refractivity contribution in [1.29, 1.82) is 0 Å². The summed E-state index contributed by atoms with van der Waals surface area (Å²) in [4.78, 5) is 12.5. The summed E-state index contributed by atoms with van der Waals surface area (Å²) in [5.41, 5.74) is 1.31. The van der Waals surface area contributed by atoms with E-state index in [1.807, 2.05) is 24.3 Å². The lowest BCUT2D eigenvalue weighted by Crippen LogP contribution is -2.24. The van der Waals surface area contributed by atoms with Crippen LogP contribution in [0.3, 0.4) is 0 Å². The molecule has 1 fully saturated rings. The van der Waals surface area contributed by atoms with Gasteiger partial charge in [-0.2, -0.15) is 0 Å². The molecule has 29 heavy (non-hydrogen) atoms. The van der Waals surface area contributed by atoms with Gasteiger partial charge >= 0.3 is 0 Å². The number of amides is 1. The maximum Gasteiger partial charge on any atom is 0.244 e. The first-order chi connectivity index (χ1) is 13.9. The highest BCUT2D eigenvalue weighted by molar-refractivity contribution is 7.89. The van der Waals surface area contributed by atoms with Gasteiger partial charge in [0.05, 0.1) is 11.8 Å². The molecule has 0 aliphatic heterocycles. The molecule has 2 aromatic rings. The van der Waals surface area contributed by atoms with Gasteiger partial charge in [0, 0.05) is 20.5 Å². The molecule has 1 amide bonds. The van der Waals surface area contributed by atoms with Gasteiger partial charge in [-0.3, -0.25) is 4.79 Å². The van der Waals surface area contributed by atoms with Gasteiger partial charge in [0.2, 0.25) is 15.9 Å². The van der Waals surface area contributed by atoms with Gasteiger partial charge in [-0.05, 0) is 61.9 Å². The van der Waals surface area contributed by atoms with Gasteiger partial charge in [-0.25, -0.2) is 12.7 Å².